The van der Waals surface area contributed by atoms with Crippen LogP contribution in [0.1, 0.15) is 119 Å². The van der Waals surface area contributed by atoms with Crippen LogP contribution in [0.5, 0.6) is 0 Å². The zero-order valence-electron chi connectivity index (χ0n) is 58.8. The first-order valence-corrected chi connectivity index (χ1v) is 36.0. The number of aromatic nitrogens is 9. The molecule has 0 unspecified atom stereocenters. The molecule has 0 radical (unpaired) electrons. The smallest absolute Gasteiger partial charge is 0.0900 e. The molecule has 12 nitrogen and oxygen atoms in total. The number of unbranched alkanes of at least 4 members (excludes halogenated alkanes) is 8. The van der Waals surface area contributed by atoms with Crippen molar-refractivity contribution < 1.29 is 0 Å². The van der Waals surface area contributed by atoms with Crippen molar-refractivity contribution in [3.05, 3.63) is 256 Å². The van der Waals surface area contributed by atoms with E-state index in [-0.39, 0.29) is 0 Å². The third kappa shape index (κ3) is 20.7. The maximum atomic E-state index is 4.91. The van der Waals surface area contributed by atoms with Gasteiger partial charge in [0.1, 0.15) is 0 Å². The first kappa shape index (κ1) is 71.2. The van der Waals surface area contributed by atoms with Gasteiger partial charge in [-0.25, -0.2) is 15.0 Å². The normalized spacial score (nSPS) is 10.8. The Morgan fingerprint density at radius 1 is 0.212 bits per heavy atom. The second kappa shape index (κ2) is 38.4. The van der Waals surface area contributed by atoms with Crippen molar-refractivity contribution in [2.24, 2.45) is 0 Å². The van der Waals surface area contributed by atoms with Crippen LogP contribution in [0, 0.1) is 0 Å². The highest BCUT2D eigenvalue weighted by Crippen LogP contribution is 2.34. The third-order valence-corrected chi connectivity index (χ3v) is 17.6. The van der Waals surface area contributed by atoms with Crippen molar-refractivity contribution in [1.29, 1.82) is 0 Å². The van der Waals surface area contributed by atoms with E-state index in [4.69, 9.17) is 15.0 Å². The highest BCUT2D eigenvalue weighted by atomic mass is 15.1. The summed E-state index contributed by atoms with van der Waals surface area (Å²) in [6.07, 6.45) is 26.0. The number of benzene rings is 3. The molecule has 12 aromatic rings. The van der Waals surface area contributed by atoms with E-state index in [1.807, 2.05) is 122 Å². The van der Waals surface area contributed by atoms with Crippen LogP contribution in [0.15, 0.2) is 256 Å². The lowest BCUT2D eigenvalue weighted by Crippen LogP contribution is -2.25. The Kier molecular flexibility index (Phi) is 27.6. The molecule has 0 aliphatic rings. The highest BCUT2D eigenvalue weighted by Gasteiger charge is 2.16. The predicted molar refractivity (Wildman–Crippen MR) is 414 cm³/mol. The first-order valence-electron chi connectivity index (χ1n) is 36.0. The molecule has 0 spiro atoms. The minimum atomic E-state index is 0.844. The zero-order valence-corrected chi connectivity index (χ0v) is 58.8. The Balaban J connectivity index is 0.000000162. The van der Waals surface area contributed by atoms with Crippen LogP contribution in [0.3, 0.4) is 0 Å². The molecule has 9 heterocycles. The standard InChI is InChI=1S/C33H40N4.C29H32N4.C25H24N4/c1-3-5-7-13-23-37(24-14-8-6-4-2)29-19-17-27(18-20-29)28-25-32(30-15-9-11-21-34-30)36-33(26-28)31-16-10-12-22-35-31;1-3-5-19-33(20-6-4-2)25-15-13-23(14-16-25)24-21-28(26-11-7-9-17-30-26)32-29(22-24)27-12-8-10-18-31-27;1-3-29(4-2)21-13-11-19(12-14-21)20-17-24(22-9-5-7-15-26-22)28-25(18-20)23-10-6-8-16-27-23/h9-12,15-22,25-26H,3-8,13-14,23-24H2,1-2H3;7-18,21-22H,3-6,19-20H2,1-2H3;5-18H,3-4H2,1-2H3. The lowest BCUT2D eigenvalue weighted by molar-refractivity contribution is 0.609. The van der Waals surface area contributed by atoms with E-state index in [0.717, 1.165) is 130 Å². The molecule has 0 atom stereocenters. The molecule has 0 bridgehead atoms. The molecule has 12 heteroatoms. The second-order valence-corrected chi connectivity index (χ2v) is 24.8. The molecule has 0 saturated carbocycles. The van der Waals surface area contributed by atoms with Gasteiger partial charge in [-0.05, 0) is 219 Å². The Bertz CT molecular complexity index is 4060. The summed E-state index contributed by atoms with van der Waals surface area (Å²) in [5, 5.41) is 0. The minimum absolute atomic E-state index is 0.844. The summed E-state index contributed by atoms with van der Waals surface area (Å²) >= 11 is 0. The largest absolute Gasteiger partial charge is 0.372 e. The summed E-state index contributed by atoms with van der Waals surface area (Å²) in [5.41, 5.74) is 21.0. The van der Waals surface area contributed by atoms with Gasteiger partial charge >= 0.3 is 0 Å². The van der Waals surface area contributed by atoms with Crippen LogP contribution >= 0.6 is 0 Å². The Morgan fingerprint density at radius 2 is 0.444 bits per heavy atom. The number of anilines is 3. The Morgan fingerprint density at radius 3 is 0.657 bits per heavy atom. The summed E-state index contributed by atoms with van der Waals surface area (Å²) < 4.78 is 0. The molecule has 0 aliphatic carbocycles. The van der Waals surface area contributed by atoms with E-state index >= 15 is 0 Å². The average molecular weight is 1310 g/mol. The molecule has 0 fully saturated rings. The molecule has 0 amide bonds. The van der Waals surface area contributed by atoms with Crippen LogP contribution in [0.2, 0.25) is 0 Å². The molecular formula is C87H96N12. The monoisotopic (exact) mass is 1310 g/mol. The lowest BCUT2D eigenvalue weighted by Gasteiger charge is -2.25. The molecule has 99 heavy (non-hydrogen) atoms. The molecule has 0 saturated heterocycles. The lowest BCUT2D eigenvalue weighted by atomic mass is 10.0. The fourth-order valence-corrected chi connectivity index (χ4v) is 12.0. The van der Waals surface area contributed by atoms with Crippen molar-refractivity contribution in [2.45, 2.75) is 119 Å². The fourth-order valence-electron chi connectivity index (χ4n) is 12.0. The number of hydrogen-bond donors (Lipinski definition) is 0. The maximum Gasteiger partial charge on any atom is 0.0900 e. The molecule has 3 aromatic carbocycles. The molecular weight excluding hydrogens is 1210 g/mol. The third-order valence-electron chi connectivity index (χ3n) is 17.6. The highest BCUT2D eigenvalue weighted by molar-refractivity contribution is 5.79. The van der Waals surface area contributed by atoms with E-state index in [2.05, 4.69) is 195 Å². The second-order valence-electron chi connectivity index (χ2n) is 24.8. The van der Waals surface area contributed by atoms with Crippen molar-refractivity contribution >= 4 is 17.1 Å². The van der Waals surface area contributed by atoms with Crippen molar-refractivity contribution in [3.8, 4) is 102 Å². The minimum Gasteiger partial charge on any atom is -0.372 e. The van der Waals surface area contributed by atoms with Crippen LogP contribution in [-0.4, -0.2) is 84.1 Å². The van der Waals surface area contributed by atoms with Gasteiger partial charge in [0.15, 0.2) is 0 Å². The fraction of sp³-hybridized carbons (Fsp3) is 0.276. The summed E-state index contributed by atoms with van der Waals surface area (Å²) in [7, 11) is 0. The van der Waals surface area contributed by atoms with E-state index in [9.17, 15) is 0 Å². The van der Waals surface area contributed by atoms with E-state index in [1.165, 1.54) is 105 Å². The van der Waals surface area contributed by atoms with Gasteiger partial charge in [0.05, 0.1) is 68.3 Å². The maximum absolute atomic E-state index is 4.91. The van der Waals surface area contributed by atoms with Crippen LogP contribution in [0.25, 0.3) is 102 Å². The molecule has 9 aromatic heterocycles. The SMILES string of the molecule is CCCCCCN(CCCCCC)c1ccc(-c2cc(-c3ccccn3)nc(-c3ccccn3)c2)cc1.CCCCN(CCCC)c1ccc(-c2cc(-c3ccccn3)nc(-c3ccccn3)c2)cc1.CCN(CC)c1ccc(-c2cc(-c3ccccn3)nc(-c3ccccn3)c2)cc1. The van der Waals surface area contributed by atoms with Gasteiger partial charge in [-0.15, -0.1) is 0 Å². The van der Waals surface area contributed by atoms with Gasteiger partial charge in [-0.3, -0.25) is 29.9 Å². The predicted octanol–water partition coefficient (Wildman–Crippen LogP) is 21.8. The molecule has 0 N–H and O–H groups in total. The van der Waals surface area contributed by atoms with Gasteiger partial charge in [0, 0.05) is 93.5 Å². The van der Waals surface area contributed by atoms with Crippen molar-refractivity contribution in [3.63, 3.8) is 0 Å². The van der Waals surface area contributed by atoms with Gasteiger partial charge in [0.25, 0.3) is 0 Å². The van der Waals surface area contributed by atoms with E-state index < -0.39 is 0 Å². The first-order chi connectivity index (χ1) is 48.8. The number of nitrogens with zero attached hydrogens (tertiary/aromatic N) is 12. The van der Waals surface area contributed by atoms with Crippen LogP contribution < -0.4 is 14.7 Å². The number of hydrogen-bond acceptors (Lipinski definition) is 12. The Labute approximate surface area is 588 Å². The Hall–Kier alpha value is -10.6. The quantitative estimate of drug-likeness (QED) is 0.0398. The zero-order chi connectivity index (χ0) is 68.6. The van der Waals surface area contributed by atoms with Crippen LogP contribution in [0.4, 0.5) is 17.1 Å². The molecule has 504 valence electrons. The van der Waals surface area contributed by atoms with Gasteiger partial charge < -0.3 is 14.7 Å². The molecule has 12 rings (SSSR count). The van der Waals surface area contributed by atoms with Gasteiger partial charge in [-0.2, -0.15) is 0 Å². The summed E-state index contributed by atoms with van der Waals surface area (Å²) in [6.45, 7) is 19.9. The molecule has 0 aliphatic heterocycles. The van der Waals surface area contributed by atoms with Gasteiger partial charge in [0.2, 0.25) is 0 Å². The van der Waals surface area contributed by atoms with E-state index in [1.54, 1.807) is 24.8 Å². The average Bonchev–Trinajstić information content (AvgIpc) is 0.829. The van der Waals surface area contributed by atoms with Crippen molar-refractivity contribution in [2.75, 3.05) is 54.0 Å². The number of pyridine rings is 9. The summed E-state index contributed by atoms with van der Waals surface area (Å²) in [5.74, 6) is 0. The summed E-state index contributed by atoms with van der Waals surface area (Å²) in [6, 6.07) is 74.9. The topological polar surface area (TPSA) is 126 Å². The van der Waals surface area contributed by atoms with Crippen molar-refractivity contribution in [1.82, 2.24) is 44.9 Å². The summed E-state index contributed by atoms with van der Waals surface area (Å²) in [4.78, 5) is 49.2. The van der Waals surface area contributed by atoms with E-state index in [0.29, 0.717) is 0 Å². The number of rotatable bonds is 30. The van der Waals surface area contributed by atoms with Gasteiger partial charge in [-0.1, -0.05) is 152 Å². The van der Waals surface area contributed by atoms with Crippen LogP contribution in [-0.2, 0) is 0 Å².